The summed E-state index contributed by atoms with van der Waals surface area (Å²) in [6.07, 6.45) is 3.52. The Kier molecular flexibility index (Phi) is 3.98. The van der Waals surface area contributed by atoms with E-state index in [0.29, 0.717) is 12.0 Å². The van der Waals surface area contributed by atoms with Crippen molar-refractivity contribution in [3.8, 4) is 5.75 Å². The van der Waals surface area contributed by atoms with Crippen molar-refractivity contribution in [1.82, 2.24) is 5.32 Å². The van der Waals surface area contributed by atoms with Gasteiger partial charge in [0, 0.05) is 12.6 Å². The van der Waals surface area contributed by atoms with Crippen molar-refractivity contribution in [3.05, 3.63) is 29.3 Å². The van der Waals surface area contributed by atoms with Crippen LogP contribution in [0.2, 0.25) is 0 Å². The van der Waals surface area contributed by atoms with Crippen LogP contribution >= 0.6 is 0 Å². The molecule has 3 nitrogen and oxygen atoms in total. The van der Waals surface area contributed by atoms with Crippen LogP contribution in [0.3, 0.4) is 0 Å². The van der Waals surface area contributed by atoms with Gasteiger partial charge in [0.2, 0.25) is 0 Å². The highest BCUT2D eigenvalue weighted by Gasteiger charge is 2.41. The highest BCUT2D eigenvalue weighted by molar-refractivity contribution is 5.40. The molecule has 3 atom stereocenters. The normalized spacial score (nSPS) is 31.7. The van der Waals surface area contributed by atoms with E-state index in [1.165, 1.54) is 11.1 Å². The van der Waals surface area contributed by atoms with Crippen LogP contribution in [0.1, 0.15) is 50.8 Å². The van der Waals surface area contributed by atoms with E-state index in [-0.39, 0.29) is 11.7 Å². The molecule has 1 saturated heterocycles. The summed E-state index contributed by atoms with van der Waals surface area (Å²) in [5.41, 5.74) is 2.65. The summed E-state index contributed by atoms with van der Waals surface area (Å²) >= 11 is 0. The average Bonchev–Trinajstić information content (AvgIpc) is 2.45. The average molecular weight is 289 g/mol. The van der Waals surface area contributed by atoms with E-state index in [2.05, 4.69) is 44.3 Å². The van der Waals surface area contributed by atoms with Gasteiger partial charge in [-0.1, -0.05) is 19.9 Å². The monoisotopic (exact) mass is 289 g/mol. The molecule has 1 heterocycles. The van der Waals surface area contributed by atoms with E-state index in [0.717, 1.165) is 31.6 Å². The van der Waals surface area contributed by atoms with Crippen LogP contribution < -0.4 is 10.1 Å². The third-order valence-electron chi connectivity index (χ3n) is 4.74. The Bertz CT molecular complexity index is 514. The van der Waals surface area contributed by atoms with Crippen LogP contribution in [0, 0.1) is 5.92 Å². The molecule has 1 fully saturated rings. The zero-order chi connectivity index (χ0) is 15.0. The third-order valence-corrected chi connectivity index (χ3v) is 4.74. The minimum atomic E-state index is -0.0764. The van der Waals surface area contributed by atoms with Crippen molar-refractivity contribution in [2.45, 2.75) is 57.8 Å². The molecule has 1 aromatic carbocycles. The Balaban J connectivity index is 1.89. The standard InChI is InChI=1S/C18H27NO2/c1-12(2)10-18(3)11-19-16-8-6-13-5-7-14(20-4)9-15(13)17(16)21-18/h5,7,9,12,16-17,19H,6,8,10-11H2,1-4H3. The summed E-state index contributed by atoms with van der Waals surface area (Å²) in [6, 6.07) is 6.85. The summed E-state index contributed by atoms with van der Waals surface area (Å²) in [5, 5.41) is 3.73. The number of hydrogen-bond acceptors (Lipinski definition) is 3. The fourth-order valence-electron chi connectivity index (χ4n) is 3.91. The molecule has 0 aromatic heterocycles. The van der Waals surface area contributed by atoms with Gasteiger partial charge in [-0.25, -0.2) is 0 Å². The highest BCUT2D eigenvalue weighted by Crippen LogP contribution is 2.41. The lowest BCUT2D eigenvalue weighted by atomic mass is 9.82. The Morgan fingerprint density at radius 2 is 2.24 bits per heavy atom. The van der Waals surface area contributed by atoms with Crippen LogP contribution in [0.25, 0.3) is 0 Å². The lowest BCUT2D eigenvalue weighted by Crippen LogP contribution is -2.56. The fourth-order valence-corrected chi connectivity index (χ4v) is 3.91. The molecule has 3 rings (SSSR count). The molecule has 21 heavy (non-hydrogen) atoms. The van der Waals surface area contributed by atoms with Crippen LogP contribution in [0.4, 0.5) is 0 Å². The number of ether oxygens (including phenoxy) is 2. The molecule has 1 aliphatic heterocycles. The topological polar surface area (TPSA) is 30.5 Å². The number of hydrogen-bond donors (Lipinski definition) is 1. The molecule has 2 aliphatic rings. The van der Waals surface area contributed by atoms with Crippen LogP contribution in [0.15, 0.2) is 18.2 Å². The summed E-state index contributed by atoms with van der Waals surface area (Å²) < 4.78 is 12.0. The van der Waals surface area contributed by atoms with Crippen molar-refractivity contribution in [1.29, 1.82) is 0 Å². The lowest BCUT2D eigenvalue weighted by Gasteiger charge is -2.47. The van der Waals surface area contributed by atoms with E-state index in [9.17, 15) is 0 Å². The van der Waals surface area contributed by atoms with E-state index in [4.69, 9.17) is 9.47 Å². The molecule has 0 amide bonds. The van der Waals surface area contributed by atoms with Gasteiger partial charge in [0.05, 0.1) is 18.8 Å². The van der Waals surface area contributed by atoms with Crippen LogP contribution in [-0.2, 0) is 11.2 Å². The van der Waals surface area contributed by atoms with Crippen LogP contribution in [0.5, 0.6) is 5.75 Å². The lowest BCUT2D eigenvalue weighted by molar-refractivity contribution is -0.140. The number of methoxy groups -OCH3 is 1. The number of nitrogens with one attached hydrogen (secondary N) is 1. The SMILES string of the molecule is COc1ccc2c(c1)C1OC(C)(CC(C)C)CNC1CC2. The number of benzene rings is 1. The first-order chi connectivity index (χ1) is 10.0. The largest absolute Gasteiger partial charge is 0.497 e. The first-order valence-electron chi connectivity index (χ1n) is 8.09. The van der Waals surface area contributed by atoms with E-state index >= 15 is 0 Å². The summed E-state index contributed by atoms with van der Waals surface area (Å²) in [7, 11) is 1.73. The molecule has 1 aliphatic carbocycles. The molecule has 0 saturated carbocycles. The van der Waals surface area contributed by atoms with Crippen molar-refractivity contribution >= 4 is 0 Å². The molecule has 3 heteroatoms. The predicted molar refractivity (Wildman–Crippen MR) is 84.8 cm³/mol. The molecular formula is C18H27NO2. The Morgan fingerprint density at radius 1 is 1.43 bits per heavy atom. The maximum atomic E-state index is 6.60. The van der Waals surface area contributed by atoms with Gasteiger partial charge in [-0.3, -0.25) is 0 Å². The number of aryl methyl sites for hydroxylation is 1. The van der Waals surface area contributed by atoms with Gasteiger partial charge in [0.1, 0.15) is 5.75 Å². The fraction of sp³-hybridized carbons (Fsp3) is 0.667. The zero-order valence-electron chi connectivity index (χ0n) is 13.6. The second-order valence-corrected chi connectivity index (χ2v) is 7.18. The van der Waals surface area contributed by atoms with Crippen molar-refractivity contribution in [3.63, 3.8) is 0 Å². The second kappa shape index (κ2) is 5.62. The first kappa shape index (κ1) is 14.9. The predicted octanol–water partition coefficient (Wildman–Crippen LogP) is 3.48. The van der Waals surface area contributed by atoms with Crippen molar-refractivity contribution in [2.75, 3.05) is 13.7 Å². The zero-order valence-corrected chi connectivity index (χ0v) is 13.6. The van der Waals surface area contributed by atoms with E-state index in [1.54, 1.807) is 7.11 Å². The minimum Gasteiger partial charge on any atom is -0.497 e. The highest BCUT2D eigenvalue weighted by atomic mass is 16.5. The quantitative estimate of drug-likeness (QED) is 0.924. The summed E-state index contributed by atoms with van der Waals surface area (Å²) in [4.78, 5) is 0. The summed E-state index contributed by atoms with van der Waals surface area (Å²) in [6.45, 7) is 7.72. The maximum absolute atomic E-state index is 6.60. The molecule has 1 aromatic rings. The molecular weight excluding hydrogens is 262 g/mol. The van der Waals surface area contributed by atoms with Crippen molar-refractivity contribution in [2.24, 2.45) is 5.92 Å². The Hall–Kier alpha value is -1.06. The molecule has 1 N–H and O–H groups in total. The molecule has 116 valence electrons. The number of rotatable bonds is 3. The van der Waals surface area contributed by atoms with Gasteiger partial charge in [0.15, 0.2) is 0 Å². The first-order valence-corrected chi connectivity index (χ1v) is 8.09. The Morgan fingerprint density at radius 3 is 2.95 bits per heavy atom. The second-order valence-electron chi connectivity index (χ2n) is 7.18. The van der Waals surface area contributed by atoms with Crippen LogP contribution in [-0.4, -0.2) is 25.3 Å². The van der Waals surface area contributed by atoms with Gasteiger partial charge >= 0.3 is 0 Å². The Labute approximate surface area is 128 Å². The third kappa shape index (κ3) is 2.95. The summed E-state index contributed by atoms with van der Waals surface area (Å²) in [5.74, 6) is 1.57. The van der Waals surface area contributed by atoms with Gasteiger partial charge < -0.3 is 14.8 Å². The smallest absolute Gasteiger partial charge is 0.119 e. The molecule has 0 spiro atoms. The van der Waals surface area contributed by atoms with E-state index in [1.807, 2.05) is 0 Å². The molecule has 0 radical (unpaired) electrons. The molecule has 0 bridgehead atoms. The van der Waals surface area contributed by atoms with Gasteiger partial charge in [-0.2, -0.15) is 0 Å². The van der Waals surface area contributed by atoms with Gasteiger partial charge in [-0.05, 0) is 55.4 Å². The minimum absolute atomic E-state index is 0.0764. The van der Waals surface area contributed by atoms with Gasteiger partial charge in [0.25, 0.3) is 0 Å². The molecule has 3 unspecified atom stereocenters. The van der Waals surface area contributed by atoms with E-state index < -0.39 is 0 Å². The maximum Gasteiger partial charge on any atom is 0.119 e. The van der Waals surface area contributed by atoms with Gasteiger partial charge in [-0.15, -0.1) is 0 Å². The number of morpholine rings is 1. The van der Waals surface area contributed by atoms with Crippen molar-refractivity contribution < 1.29 is 9.47 Å². The number of fused-ring (bicyclic) bond motifs is 3.